The first-order valence-corrected chi connectivity index (χ1v) is 13.8. The number of carbonyl (C=O) groups excluding carboxylic acids is 3. The van der Waals surface area contributed by atoms with Crippen LogP contribution in [0.25, 0.3) is 16.6 Å². The zero-order chi connectivity index (χ0) is 28.4. The van der Waals surface area contributed by atoms with Crippen LogP contribution < -0.4 is 10.6 Å². The molecular formula is C31H36N6O3. The number of hydrogen-bond donors (Lipinski definition) is 2. The molecule has 40 heavy (non-hydrogen) atoms. The molecule has 1 fully saturated rings. The summed E-state index contributed by atoms with van der Waals surface area (Å²) in [6.45, 7) is 7.48. The molecule has 0 radical (unpaired) electrons. The molecule has 0 bridgehead atoms. The van der Waals surface area contributed by atoms with Crippen LogP contribution in [0.3, 0.4) is 0 Å². The van der Waals surface area contributed by atoms with E-state index < -0.39 is 0 Å². The van der Waals surface area contributed by atoms with Crippen LogP contribution in [0.1, 0.15) is 58.2 Å². The first-order valence-electron chi connectivity index (χ1n) is 13.8. The molecule has 9 heteroatoms. The van der Waals surface area contributed by atoms with Gasteiger partial charge < -0.3 is 20.1 Å². The molecular weight excluding hydrogens is 504 g/mol. The van der Waals surface area contributed by atoms with Crippen molar-refractivity contribution in [3.05, 3.63) is 77.2 Å². The minimum atomic E-state index is -0.242. The van der Waals surface area contributed by atoms with Crippen molar-refractivity contribution < 1.29 is 14.4 Å². The number of nitrogens with one attached hydrogen (secondary N) is 2. The lowest BCUT2D eigenvalue weighted by Gasteiger charge is -2.17. The van der Waals surface area contributed by atoms with E-state index in [4.69, 9.17) is 0 Å². The number of amides is 2. The molecule has 0 spiro atoms. The molecule has 2 aromatic carbocycles. The fourth-order valence-corrected chi connectivity index (χ4v) is 5.38. The van der Waals surface area contributed by atoms with Crippen molar-refractivity contribution in [1.82, 2.24) is 24.6 Å². The Balaban J connectivity index is 1.34. The summed E-state index contributed by atoms with van der Waals surface area (Å²) in [5.74, 6) is -0.103. The van der Waals surface area contributed by atoms with Gasteiger partial charge in [0.1, 0.15) is 6.54 Å². The monoisotopic (exact) mass is 540 g/mol. The third-order valence-electron chi connectivity index (χ3n) is 7.69. The van der Waals surface area contributed by atoms with Crippen LogP contribution in [0.15, 0.2) is 54.9 Å². The minimum Gasteiger partial charge on any atom is -0.340 e. The number of carbonyl (C=O) groups is 3. The molecule has 3 heterocycles. The summed E-state index contributed by atoms with van der Waals surface area (Å²) in [4.78, 5) is 40.7. The van der Waals surface area contributed by atoms with E-state index in [1.165, 1.54) is 0 Å². The average molecular weight is 541 g/mol. The van der Waals surface area contributed by atoms with Gasteiger partial charge in [0.2, 0.25) is 5.91 Å². The van der Waals surface area contributed by atoms with Crippen LogP contribution in [-0.4, -0.2) is 63.0 Å². The largest absolute Gasteiger partial charge is 0.340 e. The molecule has 4 aromatic rings. The summed E-state index contributed by atoms with van der Waals surface area (Å²) in [5.41, 5.74) is 5.29. The number of hydrogen-bond acceptors (Lipinski definition) is 5. The van der Waals surface area contributed by atoms with Crippen molar-refractivity contribution in [2.24, 2.45) is 0 Å². The highest BCUT2D eigenvalue weighted by molar-refractivity contribution is 6.13. The van der Waals surface area contributed by atoms with E-state index >= 15 is 0 Å². The second-order valence-electron chi connectivity index (χ2n) is 10.5. The third-order valence-corrected chi connectivity index (χ3v) is 7.69. The van der Waals surface area contributed by atoms with Gasteiger partial charge in [0.05, 0.1) is 28.7 Å². The molecule has 2 amide bonds. The number of aryl methyl sites for hydroxylation is 1. The minimum absolute atomic E-state index is 0.0474. The molecule has 1 saturated heterocycles. The van der Waals surface area contributed by atoms with Crippen molar-refractivity contribution in [3.63, 3.8) is 0 Å². The Labute approximate surface area is 234 Å². The SMILES string of the molecule is CCCC(=O)c1cnn(-c2ccc(NC(=O)c3cn(CC(=O)N4CCC(NC)C4)c4ccc(C)cc34)cc2)c1C. The Morgan fingerprint density at radius 2 is 1.82 bits per heavy atom. The first kappa shape index (κ1) is 27.3. The molecule has 1 unspecified atom stereocenters. The maximum absolute atomic E-state index is 13.4. The molecule has 208 valence electrons. The Morgan fingerprint density at radius 1 is 1.05 bits per heavy atom. The average Bonchev–Trinajstić information content (AvgIpc) is 3.66. The molecule has 2 N–H and O–H groups in total. The highest BCUT2D eigenvalue weighted by Gasteiger charge is 2.26. The second-order valence-corrected chi connectivity index (χ2v) is 10.5. The van der Waals surface area contributed by atoms with Gasteiger partial charge in [-0.05, 0) is 70.1 Å². The molecule has 0 saturated carbocycles. The quantitative estimate of drug-likeness (QED) is 0.305. The van der Waals surface area contributed by atoms with E-state index in [1.54, 1.807) is 17.1 Å². The second kappa shape index (κ2) is 11.5. The topological polar surface area (TPSA) is 101 Å². The maximum Gasteiger partial charge on any atom is 0.257 e. The van der Waals surface area contributed by atoms with E-state index in [9.17, 15) is 14.4 Å². The normalized spacial score (nSPS) is 15.1. The number of fused-ring (bicyclic) bond motifs is 1. The fraction of sp³-hybridized carbons (Fsp3) is 0.355. The number of benzene rings is 2. The van der Waals surface area contributed by atoms with Gasteiger partial charge in [0.25, 0.3) is 5.91 Å². The van der Waals surface area contributed by atoms with E-state index in [0.29, 0.717) is 35.8 Å². The van der Waals surface area contributed by atoms with E-state index in [0.717, 1.165) is 47.2 Å². The summed E-state index contributed by atoms with van der Waals surface area (Å²) in [6, 6.07) is 13.6. The third kappa shape index (κ3) is 5.42. The number of aromatic nitrogens is 3. The lowest BCUT2D eigenvalue weighted by atomic mass is 10.1. The van der Waals surface area contributed by atoms with Crippen molar-refractivity contribution in [2.45, 2.75) is 52.6 Å². The van der Waals surface area contributed by atoms with Crippen molar-refractivity contribution in [3.8, 4) is 5.69 Å². The predicted molar refractivity (Wildman–Crippen MR) is 156 cm³/mol. The van der Waals surface area contributed by atoms with Gasteiger partial charge >= 0.3 is 0 Å². The van der Waals surface area contributed by atoms with Crippen LogP contribution in [-0.2, 0) is 11.3 Å². The summed E-state index contributed by atoms with van der Waals surface area (Å²) >= 11 is 0. The Kier molecular flexibility index (Phi) is 7.84. The lowest BCUT2D eigenvalue weighted by Crippen LogP contribution is -2.35. The van der Waals surface area contributed by atoms with Crippen molar-refractivity contribution in [2.75, 3.05) is 25.5 Å². The first-order chi connectivity index (χ1) is 19.3. The van der Waals surface area contributed by atoms with Crippen molar-refractivity contribution >= 4 is 34.2 Å². The van der Waals surface area contributed by atoms with Crippen LogP contribution in [0.4, 0.5) is 5.69 Å². The summed E-state index contributed by atoms with van der Waals surface area (Å²) in [6.07, 6.45) is 5.63. The number of likely N-dealkylation sites (tertiary alicyclic amines) is 1. The van der Waals surface area contributed by atoms with Gasteiger partial charge in [-0.3, -0.25) is 14.4 Å². The van der Waals surface area contributed by atoms with Crippen LogP contribution in [0.2, 0.25) is 0 Å². The van der Waals surface area contributed by atoms with Crippen LogP contribution in [0, 0.1) is 13.8 Å². The van der Waals surface area contributed by atoms with Gasteiger partial charge in [-0.1, -0.05) is 18.6 Å². The number of likely N-dealkylation sites (N-methyl/N-ethyl adjacent to an activating group) is 1. The van der Waals surface area contributed by atoms with Gasteiger partial charge in [0.15, 0.2) is 5.78 Å². The standard InChI is InChI=1S/C31H36N6O3/c1-5-6-29(38)26-16-33-37(21(26)3)24-10-8-22(9-11-24)34-31(40)27-18-36(28-12-7-20(2)15-25(27)28)19-30(39)35-14-13-23(17-35)32-4/h7-12,15-16,18,23,32H,5-6,13-14,17,19H2,1-4H3,(H,34,40). The lowest BCUT2D eigenvalue weighted by molar-refractivity contribution is -0.130. The summed E-state index contributed by atoms with van der Waals surface area (Å²) < 4.78 is 3.61. The highest BCUT2D eigenvalue weighted by atomic mass is 16.2. The predicted octanol–water partition coefficient (Wildman–Crippen LogP) is 4.50. The maximum atomic E-state index is 13.4. The van der Waals surface area contributed by atoms with Crippen LogP contribution >= 0.6 is 0 Å². The smallest absolute Gasteiger partial charge is 0.257 e. The molecule has 2 aromatic heterocycles. The van der Waals surface area contributed by atoms with Gasteiger partial charge in [-0.2, -0.15) is 5.10 Å². The Bertz CT molecular complexity index is 1570. The van der Waals surface area contributed by atoms with E-state index in [-0.39, 0.29) is 24.1 Å². The number of ketones is 1. The fourth-order valence-electron chi connectivity index (χ4n) is 5.38. The zero-order valence-electron chi connectivity index (χ0n) is 23.5. The van der Waals surface area contributed by atoms with Crippen molar-refractivity contribution in [1.29, 1.82) is 0 Å². The summed E-state index contributed by atoms with van der Waals surface area (Å²) in [7, 11) is 1.92. The number of nitrogens with zero attached hydrogens (tertiary/aromatic N) is 4. The molecule has 1 aliphatic heterocycles. The number of rotatable bonds is 9. The molecule has 0 aliphatic carbocycles. The Morgan fingerprint density at radius 3 is 2.52 bits per heavy atom. The molecule has 5 rings (SSSR count). The molecule has 9 nitrogen and oxygen atoms in total. The van der Waals surface area contributed by atoms with Crippen LogP contribution in [0.5, 0.6) is 0 Å². The molecule has 1 aliphatic rings. The van der Waals surface area contributed by atoms with Gasteiger partial charge in [-0.15, -0.1) is 0 Å². The zero-order valence-corrected chi connectivity index (χ0v) is 23.5. The highest BCUT2D eigenvalue weighted by Crippen LogP contribution is 2.25. The van der Waals surface area contributed by atoms with Gasteiger partial charge in [-0.25, -0.2) is 4.68 Å². The summed E-state index contributed by atoms with van der Waals surface area (Å²) in [5, 5.41) is 11.5. The molecule has 1 atom stereocenters. The van der Waals surface area contributed by atoms with E-state index in [1.807, 2.05) is 79.8 Å². The Hall–Kier alpha value is -4.24. The number of anilines is 1. The van der Waals surface area contributed by atoms with Gasteiger partial charge in [0, 0.05) is 48.3 Å². The van der Waals surface area contributed by atoms with E-state index in [2.05, 4.69) is 15.7 Å². The number of Topliss-reactive ketones (excluding diaryl/α,β-unsaturated/α-hetero) is 1.